The molecule has 4 nitrogen and oxygen atoms in total. The van der Waals surface area contributed by atoms with Gasteiger partial charge in [-0.25, -0.2) is 0 Å². The second kappa shape index (κ2) is 5.79. The highest BCUT2D eigenvalue weighted by molar-refractivity contribution is 5.90. The maximum Gasteiger partial charge on any atom is 0.240 e. The quantitative estimate of drug-likeness (QED) is 0.941. The normalized spacial score (nSPS) is 19.6. The Bertz CT molecular complexity index is 721. The molecule has 2 amide bonds. The minimum Gasteiger partial charge on any atom is -0.368 e. The lowest BCUT2D eigenvalue weighted by Gasteiger charge is -2.24. The molecule has 4 heteroatoms. The van der Waals surface area contributed by atoms with Crippen LogP contribution in [0.5, 0.6) is 0 Å². The van der Waals surface area contributed by atoms with Crippen LogP contribution in [0.15, 0.2) is 42.5 Å². The summed E-state index contributed by atoms with van der Waals surface area (Å²) < 4.78 is 0. The second-order valence-corrected chi connectivity index (χ2v) is 5.84. The number of carbonyl (C=O) groups excluding carboxylic acids is 2. The van der Waals surface area contributed by atoms with E-state index in [1.807, 2.05) is 25.1 Å². The average molecular weight is 296 g/mol. The van der Waals surface area contributed by atoms with Crippen molar-refractivity contribution in [3.05, 3.63) is 48.0 Å². The van der Waals surface area contributed by atoms with Gasteiger partial charge in [0.2, 0.25) is 11.8 Å². The number of hydrogen-bond donors (Lipinski definition) is 1. The van der Waals surface area contributed by atoms with Crippen LogP contribution in [0.1, 0.15) is 31.2 Å². The molecule has 3 rings (SSSR count). The first-order chi connectivity index (χ1) is 10.6. The molecule has 2 atom stereocenters. The van der Waals surface area contributed by atoms with Crippen LogP contribution in [0.3, 0.4) is 0 Å². The molecule has 114 valence electrons. The van der Waals surface area contributed by atoms with Crippen LogP contribution in [0.4, 0.5) is 0 Å². The third-order valence-corrected chi connectivity index (χ3v) is 4.51. The van der Waals surface area contributed by atoms with Crippen molar-refractivity contribution in [2.45, 2.75) is 31.7 Å². The summed E-state index contributed by atoms with van der Waals surface area (Å²) in [6, 6.07) is 13.9. The molecule has 2 aromatic carbocycles. The average Bonchev–Trinajstić information content (AvgIpc) is 2.89. The predicted molar refractivity (Wildman–Crippen MR) is 86.3 cm³/mol. The fourth-order valence-electron chi connectivity index (χ4n) is 3.42. The fraction of sp³-hybridized carbons (Fsp3) is 0.333. The SMILES string of the molecule is CCC(C(N)=O)N1CC(c2cccc3ccccc23)CC1=O. The molecule has 0 spiro atoms. The molecule has 1 heterocycles. The van der Waals surface area contributed by atoms with Crippen molar-refractivity contribution in [1.29, 1.82) is 0 Å². The number of nitrogens with two attached hydrogens (primary N) is 1. The standard InChI is InChI=1S/C18H20N2O2/c1-2-16(18(19)22)20-11-13(10-17(20)21)15-9-5-7-12-6-3-4-8-14(12)15/h3-9,13,16H,2,10-11H2,1H3,(H2,19,22). The first-order valence-electron chi connectivity index (χ1n) is 7.68. The molecule has 2 aromatic rings. The molecule has 0 aromatic heterocycles. The van der Waals surface area contributed by atoms with Crippen LogP contribution in [-0.2, 0) is 9.59 Å². The lowest BCUT2D eigenvalue weighted by atomic mass is 9.93. The van der Waals surface area contributed by atoms with E-state index in [0.717, 1.165) is 0 Å². The van der Waals surface area contributed by atoms with Crippen molar-refractivity contribution in [2.24, 2.45) is 5.73 Å². The van der Waals surface area contributed by atoms with Gasteiger partial charge in [-0.1, -0.05) is 49.4 Å². The molecular weight excluding hydrogens is 276 g/mol. The van der Waals surface area contributed by atoms with Gasteiger partial charge in [-0.05, 0) is 22.8 Å². The zero-order chi connectivity index (χ0) is 15.7. The topological polar surface area (TPSA) is 63.4 Å². The Morgan fingerprint density at radius 2 is 2.00 bits per heavy atom. The summed E-state index contributed by atoms with van der Waals surface area (Å²) in [5, 5.41) is 2.35. The van der Waals surface area contributed by atoms with Gasteiger partial charge < -0.3 is 10.6 Å². The number of hydrogen-bond acceptors (Lipinski definition) is 2. The molecule has 1 saturated heterocycles. The van der Waals surface area contributed by atoms with Gasteiger partial charge in [-0.3, -0.25) is 9.59 Å². The Kier molecular flexibility index (Phi) is 3.84. The van der Waals surface area contributed by atoms with Crippen LogP contribution < -0.4 is 5.73 Å². The molecule has 1 aliphatic heterocycles. The molecule has 1 fully saturated rings. The number of primary amides is 1. The summed E-state index contributed by atoms with van der Waals surface area (Å²) in [5.41, 5.74) is 6.61. The lowest BCUT2D eigenvalue weighted by Crippen LogP contribution is -2.45. The van der Waals surface area contributed by atoms with Gasteiger partial charge in [0.15, 0.2) is 0 Å². The van der Waals surface area contributed by atoms with E-state index in [1.165, 1.54) is 16.3 Å². The van der Waals surface area contributed by atoms with Gasteiger partial charge in [-0.15, -0.1) is 0 Å². The lowest BCUT2D eigenvalue weighted by molar-refractivity contribution is -0.136. The number of carbonyl (C=O) groups is 2. The minimum absolute atomic E-state index is 0.0172. The number of likely N-dealkylation sites (tertiary alicyclic amines) is 1. The van der Waals surface area contributed by atoms with Crippen molar-refractivity contribution < 1.29 is 9.59 Å². The minimum atomic E-state index is -0.493. The number of amides is 2. The number of rotatable bonds is 4. The summed E-state index contributed by atoms with van der Waals surface area (Å²) in [6.45, 7) is 2.45. The van der Waals surface area contributed by atoms with Crippen LogP contribution >= 0.6 is 0 Å². The summed E-state index contributed by atoms with van der Waals surface area (Å²) in [5.74, 6) is -0.287. The van der Waals surface area contributed by atoms with E-state index in [0.29, 0.717) is 19.4 Å². The van der Waals surface area contributed by atoms with E-state index < -0.39 is 11.9 Å². The van der Waals surface area contributed by atoms with Gasteiger partial charge >= 0.3 is 0 Å². The maximum atomic E-state index is 12.3. The van der Waals surface area contributed by atoms with Crippen molar-refractivity contribution in [3.8, 4) is 0 Å². The van der Waals surface area contributed by atoms with Crippen molar-refractivity contribution in [1.82, 2.24) is 4.90 Å². The van der Waals surface area contributed by atoms with Crippen LogP contribution in [0, 0.1) is 0 Å². The molecule has 0 radical (unpaired) electrons. The van der Waals surface area contributed by atoms with Crippen molar-refractivity contribution in [2.75, 3.05) is 6.54 Å². The van der Waals surface area contributed by atoms with Crippen molar-refractivity contribution in [3.63, 3.8) is 0 Å². The molecule has 22 heavy (non-hydrogen) atoms. The van der Waals surface area contributed by atoms with Gasteiger partial charge in [0, 0.05) is 18.9 Å². The highest BCUT2D eigenvalue weighted by atomic mass is 16.2. The van der Waals surface area contributed by atoms with E-state index in [-0.39, 0.29) is 11.8 Å². The zero-order valence-electron chi connectivity index (χ0n) is 12.7. The summed E-state index contributed by atoms with van der Waals surface area (Å²) >= 11 is 0. The Labute approximate surface area is 129 Å². The van der Waals surface area contributed by atoms with E-state index in [2.05, 4.69) is 24.3 Å². The van der Waals surface area contributed by atoms with E-state index in [1.54, 1.807) is 4.90 Å². The van der Waals surface area contributed by atoms with E-state index >= 15 is 0 Å². The summed E-state index contributed by atoms with van der Waals surface area (Å²) in [7, 11) is 0. The van der Waals surface area contributed by atoms with Gasteiger partial charge in [0.05, 0.1) is 0 Å². The molecular formula is C18H20N2O2. The maximum absolute atomic E-state index is 12.3. The molecule has 2 N–H and O–H groups in total. The Morgan fingerprint density at radius 3 is 2.73 bits per heavy atom. The summed E-state index contributed by atoms with van der Waals surface area (Å²) in [6.07, 6.45) is 1.00. The zero-order valence-corrected chi connectivity index (χ0v) is 12.7. The van der Waals surface area contributed by atoms with Gasteiger partial charge in [0.25, 0.3) is 0 Å². The fourth-order valence-corrected chi connectivity index (χ4v) is 3.42. The number of fused-ring (bicyclic) bond motifs is 1. The van der Waals surface area contributed by atoms with Gasteiger partial charge in [0.1, 0.15) is 6.04 Å². The molecule has 0 saturated carbocycles. The predicted octanol–water partition coefficient (Wildman–Crippen LogP) is 2.42. The second-order valence-electron chi connectivity index (χ2n) is 5.84. The Balaban J connectivity index is 1.93. The third kappa shape index (κ3) is 2.45. The smallest absolute Gasteiger partial charge is 0.240 e. The first kappa shape index (κ1) is 14.6. The Morgan fingerprint density at radius 1 is 1.27 bits per heavy atom. The highest BCUT2D eigenvalue weighted by Gasteiger charge is 2.36. The number of benzene rings is 2. The monoisotopic (exact) mass is 296 g/mol. The van der Waals surface area contributed by atoms with Crippen LogP contribution in [-0.4, -0.2) is 29.3 Å². The third-order valence-electron chi connectivity index (χ3n) is 4.51. The highest BCUT2D eigenvalue weighted by Crippen LogP contribution is 2.34. The van der Waals surface area contributed by atoms with Crippen LogP contribution in [0.25, 0.3) is 10.8 Å². The molecule has 2 unspecified atom stereocenters. The first-order valence-corrected chi connectivity index (χ1v) is 7.68. The van der Waals surface area contributed by atoms with E-state index in [9.17, 15) is 9.59 Å². The number of nitrogens with zero attached hydrogens (tertiary/aromatic N) is 1. The molecule has 0 bridgehead atoms. The van der Waals surface area contributed by atoms with E-state index in [4.69, 9.17) is 5.73 Å². The summed E-state index contributed by atoms with van der Waals surface area (Å²) in [4.78, 5) is 25.5. The molecule has 1 aliphatic rings. The molecule has 0 aliphatic carbocycles. The van der Waals surface area contributed by atoms with Crippen LogP contribution in [0.2, 0.25) is 0 Å². The largest absolute Gasteiger partial charge is 0.368 e. The van der Waals surface area contributed by atoms with Gasteiger partial charge in [-0.2, -0.15) is 0 Å². The van der Waals surface area contributed by atoms with Crippen molar-refractivity contribution >= 4 is 22.6 Å². The Hall–Kier alpha value is -2.36.